The highest BCUT2D eigenvalue weighted by atomic mass is 32.2. The molecule has 3 aliphatic heterocycles. The number of carbonyl (C=O) groups excluding carboxylic acids is 1. The molecule has 0 aliphatic carbocycles. The molecule has 4 nitrogen and oxygen atoms in total. The minimum Gasteiger partial charge on any atom is -0.346 e. The smallest absolute Gasteiger partial charge is 0.270 e. The quantitative estimate of drug-likeness (QED) is 0.878. The lowest BCUT2D eigenvalue weighted by Gasteiger charge is -2.44. The number of pyridine rings is 1. The summed E-state index contributed by atoms with van der Waals surface area (Å²) in [4.78, 5) is 19.6. The van der Waals surface area contributed by atoms with Crippen LogP contribution < -0.4 is 5.32 Å². The van der Waals surface area contributed by atoms with Gasteiger partial charge in [-0.3, -0.25) is 4.79 Å². The fourth-order valence-corrected chi connectivity index (χ4v) is 5.22. The Labute approximate surface area is 138 Å². The summed E-state index contributed by atoms with van der Waals surface area (Å²) in [5.41, 5.74) is 0.548. The lowest BCUT2D eigenvalue weighted by atomic mass is 9.84. The van der Waals surface area contributed by atoms with E-state index in [0.717, 1.165) is 17.0 Å². The van der Waals surface area contributed by atoms with Gasteiger partial charge in [0.25, 0.3) is 5.91 Å². The molecule has 5 rings (SSSR count). The Bertz CT molecular complexity index is 706. The maximum absolute atomic E-state index is 12.6. The number of nitrogens with one attached hydrogen (secondary N) is 1. The number of aromatic nitrogens is 1. The first-order valence-corrected chi connectivity index (χ1v) is 9.80. The highest BCUT2D eigenvalue weighted by Crippen LogP contribution is 2.31. The van der Waals surface area contributed by atoms with Crippen LogP contribution in [0.25, 0.3) is 10.1 Å². The Kier molecular flexibility index (Phi) is 3.84. The normalized spacial score (nSPS) is 27.2. The maximum Gasteiger partial charge on any atom is 0.270 e. The van der Waals surface area contributed by atoms with E-state index in [1.54, 1.807) is 23.1 Å². The second kappa shape index (κ2) is 5.83. The first kappa shape index (κ1) is 14.5. The molecule has 0 aromatic carbocycles. The van der Waals surface area contributed by atoms with Crippen molar-refractivity contribution in [2.75, 3.05) is 25.9 Å². The van der Waals surface area contributed by atoms with Crippen molar-refractivity contribution in [1.29, 1.82) is 0 Å². The van der Waals surface area contributed by atoms with Crippen molar-refractivity contribution in [3.8, 4) is 0 Å². The molecule has 6 heteroatoms. The highest BCUT2D eigenvalue weighted by Gasteiger charge is 2.35. The third kappa shape index (κ3) is 2.53. The van der Waals surface area contributed by atoms with Crippen molar-refractivity contribution in [2.24, 2.45) is 5.92 Å². The average Bonchev–Trinajstić information content (AvgIpc) is 3.03. The second-order valence-electron chi connectivity index (χ2n) is 6.07. The third-order valence-corrected chi connectivity index (χ3v) is 6.55. The third-order valence-electron chi connectivity index (χ3n) is 4.80. The van der Waals surface area contributed by atoms with E-state index in [2.05, 4.69) is 26.6 Å². The molecule has 3 saturated heterocycles. The van der Waals surface area contributed by atoms with Gasteiger partial charge in [0, 0.05) is 12.6 Å². The van der Waals surface area contributed by atoms with Gasteiger partial charge < -0.3 is 10.2 Å². The van der Waals surface area contributed by atoms with Crippen LogP contribution in [0.3, 0.4) is 0 Å². The van der Waals surface area contributed by atoms with Crippen LogP contribution in [-0.2, 0) is 0 Å². The molecule has 0 radical (unpaired) electrons. The molecule has 0 spiro atoms. The molecule has 2 aromatic heterocycles. The molecule has 0 saturated carbocycles. The lowest BCUT2D eigenvalue weighted by Crippen LogP contribution is -2.57. The second-order valence-corrected chi connectivity index (χ2v) is 7.78. The monoisotopic (exact) mass is 333 g/mol. The molecule has 1 unspecified atom stereocenters. The summed E-state index contributed by atoms with van der Waals surface area (Å²) in [5, 5.41) is 7.35. The van der Waals surface area contributed by atoms with Crippen molar-refractivity contribution >= 4 is 39.1 Å². The van der Waals surface area contributed by atoms with Gasteiger partial charge in [0.2, 0.25) is 0 Å². The predicted octanol–water partition coefficient (Wildman–Crippen LogP) is 2.84. The highest BCUT2D eigenvalue weighted by molar-refractivity contribution is 7.98. The van der Waals surface area contributed by atoms with Gasteiger partial charge in [-0.05, 0) is 61.0 Å². The number of carbonyl (C=O) groups is 1. The fraction of sp³-hybridized carbons (Fsp3) is 0.500. The zero-order valence-corrected chi connectivity index (χ0v) is 14.2. The Morgan fingerprint density at radius 2 is 2.27 bits per heavy atom. The number of hydrogen-bond acceptors (Lipinski definition) is 5. The van der Waals surface area contributed by atoms with E-state index in [4.69, 9.17) is 0 Å². The van der Waals surface area contributed by atoms with Crippen LogP contribution in [0.2, 0.25) is 0 Å². The van der Waals surface area contributed by atoms with Crippen molar-refractivity contribution in [3.63, 3.8) is 0 Å². The molecule has 2 aromatic rings. The van der Waals surface area contributed by atoms with Crippen LogP contribution in [0.15, 0.2) is 22.5 Å². The molecule has 2 bridgehead atoms. The molecule has 3 fully saturated rings. The molecule has 3 aliphatic rings. The van der Waals surface area contributed by atoms with Crippen LogP contribution in [0.5, 0.6) is 0 Å². The summed E-state index contributed by atoms with van der Waals surface area (Å²) in [6.45, 7) is 3.37. The largest absolute Gasteiger partial charge is 0.346 e. The number of rotatable bonds is 3. The fourth-order valence-electron chi connectivity index (χ4n) is 3.57. The van der Waals surface area contributed by atoms with E-state index < -0.39 is 0 Å². The number of fused-ring (bicyclic) bond motifs is 4. The average molecular weight is 333 g/mol. The number of hydrogen-bond donors (Lipinski definition) is 1. The summed E-state index contributed by atoms with van der Waals surface area (Å²) >= 11 is 3.29. The van der Waals surface area contributed by atoms with E-state index in [1.807, 2.05) is 12.3 Å². The summed E-state index contributed by atoms with van der Waals surface area (Å²) < 4.78 is 1.17. The van der Waals surface area contributed by atoms with Crippen molar-refractivity contribution < 1.29 is 4.79 Å². The summed E-state index contributed by atoms with van der Waals surface area (Å²) in [7, 11) is 0. The Morgan fingerprint density at radius 1 is 1.45 bits per heavy atom. The lowest BCUT2D eigenvalue weighted by molar-refractivity contribution is 0.0617. The van der Waals surface area contributed by atoms with Gasteiger partial charge >= 0.3 is 0 Å². The minimum atomic E-state index is -0.0258. The van der Waals surface area contributed by atoms with Gasteiger partial charge in [-0.1, -0.05) is 0 Å². The van der Waals surface area contributed by atoms with Crippen LogP contribution in [0.1, 0.15) is 23.3 Å². The SMILES string of the molecule is CSc1nc(C(=O)NC2CN3CCC2CC3)cc2ccsc12. The number of amides is 1. The van der Waals surface area contributed by atoms with Crippen molar-refractivity contribution in [2.45, 2.75) is 23.9 Å². The molecule has 5 heterocycles. The number of piperidine rings is 3. The molecule has 1 amide bonds. The summed E-state index contributed by atoms with van der Waals surface area (Å²) in [6, 6.07) is 4.27. The Balaban J connectivity index is 1.57. The van der Waals surface area contributed by atoms with Crippen molar-refractivity contribution in [1.82, 2.24) is 15.2 Å². The van der Waals surface area contributed by atoms with E-state index >= 15 is 0 Å². The molecule has 1 N–H and O–H groups in total. The van der Waals surface area contributed by atoms with Crippen LogP contribution >= 0.6 is 23.1 Å². The summed E-state index contributed by atoms with van der Waals surface area (Å²) in [5.74, 6) is 0.612. The molecule has 1 atom stereocenters. The topological polar surface area (TPSA) is 45.2 Å². The van der Waals surface area contributed by atoms with E-state index in [0.29, 0.717) is 11.6 Å². The molecule has 22 heavy (non-hydrogen) atoms. The Hall–Kier alpha value is -1.11. The van der Waals surface area contributed by atoms with E-state index in [9.17, 15) is 4.79 Å². The summed E-state index contributed by atoms with van der Waals surface area (Å²) in [6.07, 6.45) is 4.42. The standard InChI is InChI=1S/C16H19N3OS2/c1-21-16-14-11(4-7-22-14)8-12(18-16)15(20)17-13-9-19-5-2-10(13)3-6-19/h4,7-8,10,13H,2-3,5-6,9H2,1H3,(H,17,20). The van der Waals surface area contributed by atoms with Crippen LogP contribution in [-0.4, -0.2) is 47.7 Å². The molecular formula is C16H19N3OS2. The molecular weight excluding hydrogens is 314 g/mol. The van der Waals surface area contributed by atoms with Gasteiger partial charge in [-0.15, -0.1) is 23.1 Å². The zero-order chi connectivity index (χ0) is 15.1. The van der Waals surface area contributed by atoms with Crippen molar-refractivity contribution in [3.05, 3.63) is 23.2 Å². The van der Waals surface area contributed by atoms with Gasteiger partial charge in [0.05, 0.1) is 4.70 Å². The van der Waals surface area contributed by atoms with Gasteiger partial charge in [0.15, 0.2) is 0 Å². The van der Waals surface area contributed by atoms with Crippen LogP contribution in [0.4, 0.5) is 0 Å². The zero-order valence-electron chi connectivity index (χ0n) is 12.5. The maximum atomic E-state index is 12.6. The number of nitrogens with zero attached hydrogens (tertiary/aromatic N) is 2. The first-order valence-electron chi connectivity index (χ1n) is 7.70. The van der Waals surface area contributed by atoms with Gasteiger partial charge in [-0.25, -0.2) is 4.98 Å². The van der Waals surface area contributed by atoms with E-state index in [1.165, 1.54) is 30.6 Å². The van der Waals surface area contributed by atoms with Crippen LogP contribution in [0, 0.1) is 5.92 Å². The van der Waals surface area contributed by atoms with E-state index in [-0.39, 0.29) is 11.9 Å². The Morgan fingerprint density at radius 3 is 2.95 bits per heavy atom. The first-order chi connectivity index (χ1) is 10.7. The van der Waals surface area contributed by atoms with Gasteiger partial charge in [-0.2, -0.15) is 0 Å². The minimum absolute atomic E-state index is 0.0258. The number of thioether (sulfide) groups is 1. The molecule has 116 valence electrons. The number of thiophene rings is 1. The van der Waals surface area contributed by atoms with Gasteiger partial charge in [0.1, 0.15) is 10.7 Å². The predicted molar refractivity (Wildman–Crippen MR) is 91.8 cm³/mol.